The highest BCUT2D eigenvalue weighted by Crippen LogP contribution is 2.09. The quantitative estimate of drug-likeness (QED) is 0.632. The van der Waals surface area contributed by atoms with Crippen LogP contribution in [-0.2, 0) is 16.0 Å². The number of nitrogens with zero attached hydrogens (tertiary/aromatic N) is 2. The second kappa shape index (κ2) is 6.02. The molecule has 4 nitrogen and oxygen atoms in total. The Morgan fingerprint density at radius 1 is 1.45 bits per heavy atom. The summed E-state index contributed by atoms with van der Waals surface area (Å²) in [5.74, 6) is 1.57. The molecule has 1 unspecified atom stereocenters. The SMILES string of the molecule is C#CC(C)OC(=O)Cc1ccn(-c2ccc(F)cc2)n1. The van der Waals surface area contributed by atoms with Crippen molar-refractivity contribution in [3.8, 4) is 18.0 Å². The summed E-state index contributed by atoms with van der Waals surface area (Å²) in [6.07, 6.45) is 6.31. The number of esters is 1. The second-order valence-corrected chi connectivity index (χ2v) is 4.20. The molecule has 0 saturated carbocycles. The standard InChI is InChI=1S/C15H13FN2O2/c1-3-11(2)20-15(19)10-13-8-9-18(17-13)14-6-4-12(16)5-7-14/h1,4-9,11H,10H2,2H3. The molecule has 102 valence electrons. The van der Waals surface area contributed by atoms with E-state index in [1.54, 1.807) is 36.0 Å². The van der Waals surface area contributed by atoms with Crippen LogP contribution in [0.25, 0.3) is 5.69 Å². The van der Waals surface area contributed by atoms with Gasteiger partial charge in [-0.15, -0.1) is 6.42 Å². The van der Waals surface area contributed by atoms with Crippen molar-refractivity contribution in [2.45, 2.75) is 19.4 Å². The van der Waals surface area contributed by atoms with Crippen LogP contribution in [0.3, 0.4) is 0 Å². The van der Waals surface area contributed by atoms with E-state index in [9.17, 15) is 9.18 Å². The number of benzene rings is 1. The summed E-state index contributed by atoms with van der Waals surface area (Å²) < 4.78 is 19.4. The third-order valence-corrected chi connectivity index (χ3v) is 2.60. The zero-order chi connectivity index (χ0) is 14.5. The normalized spacial score (nSPS) is 11.7. The molecule has 1 atom stereocenters. The summed E-state index contributed by atoms with van der Waals surface area (Å²) in [6.45, 7) is 1.62. The van der Waals surface area contributed by atoms with Crippen LogP contribution in [0.5, 0.6) is 0 Å². The molecule has 0 amide bonds. The Balaban J connectivity index is 2.04. The van der Waals surface area contributed by atoms with Gasteiger partial charge in [-0.05, 0) is 37.3 Å². The molecular weight excluding hydrogens is 259 g/mol. The fourth-order valence-corrected chi connectivity index (χ4v) is 1.61. The number of halogens is 1. The van der Waals surface area contributed by atoms with E-state index in [0.29, 0.717) is 11.4 Å². The first kappa shape index (κ1) is 13.8. The van der Waals surface area contributed by atoms with Gasteiger partial charge >= 0.3 is 5.97 Å². The second-order valence-electron chi connectivity index (χ2n) is 4.20. The van der Waals surface area contributed by atoms with Gasteiger partial charge < -0.3 is 4.74 Å². The Bertz CT molecular complexity index is 641. The van der Waals surface area contributed by atoms with Crippen molar-refractivity contribution in [1.82, 2.24) is 9.78 Å². The van der Waals surface area contributed by atoms with E-state index in [1.165, 1.54) is 12.1 Å². The van der Waals surface area contributed by atoms with Gasteiger partial charge in [0.1, 0.15) is 5.82 Å². The maximum absolute atomic E-state index is 12.8. The maximum atomic E-state index is 12.8. The lowest BCUT2D eigenvalue weighted by atomic mass is 10.3. The lowest BCUT2D eigenvalue weighted by Crippen LogP contribution is -2.15. The highest BCUT2D eigenvalue weighted by atomic mass is 19.1. The Morgan fingerprint density at radius 3 is 2.80 bits per heavy atom. The van der Waals surface area contributed by atoms with Crippen LogP contribution in [-0.4, -0.2) is 21.9 Å². The minimum atomic E-state index is -0.554. The summed E-state index contributed by atoms with van der Waals surface area (Å²) in [5, 5.41) is 4.22. The lowest BCUT2D eigenvalue weighted by molar-refractivity contribution is -0.145. The lowest BCUT2D eigenvalue weighted by Gasteiger charge is -2.05. The number of hydrogen-bond donors (Lipinski definition) is 0. The molecule has 0 aliphatic carbocycles. The van der Waals surface area contributed by atoms with Crippen molar-refractivity contribution in [3.63, 3.8) is 0 Å². The van der Waals surface area contributed by atoms with Crippen LogP contribution in [0.2, 0.25) is 0 Å². The Labute approximate surface area is 116 Å². The molecule has 0 spiro atoms. The maximum Gasteiger partial charge on any atom is 0.313 e. The van der Waals surface area contributed by atoms with Gasteiger partial charge in [0.15, 0.2) is 6.10 Å². The summed E-state index contributed by atoms with van der Waals surface area (Å²) in [4.78, 5) is 11.6. The van der Waals surface area contributed by atoms with Crippen molar-refractivity contribution in [1.29, 1.82) is 0 Å². The fourth-order valence-electron chi connectivity index (χ4n) is 1.61. The molecule has 5 heteroatoms. The third kappa shape index (κ3) is 3.45. The number of carbonyl (C=O) groups is 1. The summed E-state index contributed by atoms with van der Waals surface area (Å²) in [5.41, 5.74) is 1.27. The first-order valence-corrected chi connectivity index (χ1v) is 6.04. The molecule has 0 bridgehead atoms. The van der Waals surface area contributed by atoms with Crippen molar-refractivity contribution >= 4 is 5.97 Å². The smallest absolute Gasteiger partial charge is 0.313 e. The molecule has 0 aliphatic heterocycles. The molecular formula is C15H13FN2O2. The monoisotopic (exact) mass is 272 g/mol. The number of hydrogen-bond acceptors (Lipinski definition) is 3. The van der Waals surface area contributed by atoms with Crippen LogP contribution in [0.4, 0.5) is 4.39 Å². The van der Waals surface area contributed by atoms with E-state index in [1.807, 2.05) is 0 Å². The average Bonchev–Trinajstić information content (AvgIpc) is 2.87. The molecule has 1 aromatic heterocycles. The fraction of sp³-hybridized carbons (Fsp3) is 0.200. The number of carbonyl (C=O) groups excluding carboxylic acids is 1. The van der Waals surface area contributed by atoms with E-state index >= 15 is 0 Å². The largest absolute Gasteiger partial charge is 0.449 e. The van der Waals surface area contributed by atoms with Gasteiger partial charge in [0.05, 0.1) is 17.8 Å². The first-order chi connectivity index (χ1) is 9.58. The van der Waals surface area contributed by atoms with E-state index in [2.05, 4.69) is 11.0 Å². The van der Waals surface area contributed by atoms with Gasteiger partial charge in [0.25, 0.3) is 0 Å². The van der Waals surface area contributed by atoms with E-state index < -0.39 is 12.1 Å². The van der Waals surface area contributed by atoms with Crippen LogP contribution in [0.1, 0.15) is 12.6 Å². The van der Waals surface area contributed by atoms with E-state index in [4.69, 9.17) is 11.2 Å². The number of terminal acetylenes is 1. The molecule has 1 heterocycles. The predicted octanol–water partition coefficient (Wildman–Crippen LogP) is 2.12. The van der Waals surface area contributed by atoms with Crippen LogP contribution in [0.15, 0.2) is 36.5 Å². The molecule has 0 N–H and O–H groups in total. The Morgan fingerprint density at radius 2 is 2.15 bits per heavy atom. The average molecular weight is 272 g/mol. The molecule has 20 heavy (non-hydrogen) atoms. The topological polar surface area (TPSA) is 44.1 Å². The molecule has 0 saturated heterocycles. The van der Waals surface area contributed by atoms with Crippen molar-refractivity contribution in [3.05, 3.63) is 48.0 Å². The molecule has 2 aromatic rings. The van der Waals surface area contributed by atoms with Gasteiger partial charge in [0, 0.05) is 6.20 Å². The third-order valence-electron chi connectivity index (χ3n) is 2.60. The van der Waals surface area contributed by atoms with Gasteiger partial charge in [-0.2, -0.15) is 5.10 Å². The van der Waals surface area contributed by atoms with Crippen LogP contribution >= 0.6 is 0 Å². The first-order valence-electron chi connectivity index (χ1n) is 6.04. The van der Waals surface area contributed by atoms with Gasteiger partial charge in [-0.1, -0.05) is 5.92 Å². The van der Waals surface area contributed by atoms with Crippen molar-refractivity contribution in [2.24, 2.45) is 0 Å². The van der Waals surface area contributed by atoms with Gasteiger partial charge in [-0.3, -0.25) is 4.79 Å². The predicted molar refractivity (Wildman–Crippen MR) is 71.6 cm³/mol. The molecule has 0 aliphatic rings. The minimum absolute atomic E-state index is 0.0419. The van der Waals surface area contributed by atoms with Gasteiger partial charge in [0.2, 0.25) is 0 Å². The van der Waals surface area contributed by atoms with E-state index in [0.717, 1.165) is 0 Å². The van der Waals surface area contributed by atoms with Crippen molar-refractivity contribution in [2.75, 3.05) is 0 Å². The Hall–Kier alpha value is -2.61. The minimum Gasteiger partial charge on any atom is -0.449 e. The zero-order valence-corrected chi connectivity index (χ0v) is 10.9. The zero-order valence-electron chi connectivity index (χ0n) is 10.9. The highest BCUT2D eigenvalue weighted by molar-refractivity contribution is 5.72. The number of ether oxygens (including phenoxy) is 1. The molecule has 0 fully saturated rings. The molecule has 1 aromatic carbocycles. The highest BCUT2D eigenvalue weighted by Gasteiger charge is 2.10. The van der Waals surface area contributed by atoms with Gasteiger partial charge in [-0.25, -0.2) is 9.07 Å². The van der Waals surface area contributed by atoms with Crippen molar-refractivity contribution < 1.29 is 13.9 Å². The number of rotatable bonds is 4. The molecule has 0 radical (unpaired) electrons. The molecule has 2 rings (SSSR count). The summed E-state index contributed by atoms with van der Waals surface area (Å²) >= 11 is 0. The van der Waals surface area contributed by atoms with Crippen LogP contribution < -0.4 is 0 Å². The van der Waals surface area contributed by atoms with Crippen LogP contribution in [0, 0.1) is 18.2 Å². The van der Waals surface area contributed by atoms with E-state index in [-0.39, 0.29) is 12.2 Å². The summed E-state index contributed by atoms with van der Waals surface area (Å²) in [7, 11) is 0. The Kier molecular flexibility index (Phi) is 4.16. The number of aromatic nitrogens is 2. The summed E-state index contributed by atoms with van der Waals surface area (Å²) in [6, 6.07) is 7.60.